The van der Waals surface area contributed by atoms with E-state index in [0.717, 1.165) is 6.08 Å². The molecule has 1 fully saturated rings. The molecule has 2 aliphatic rings. The second-order valence-electron chi connectivity index (χ2n) is 2.27. The molecule has 0 aromatic heterocycles. The summed E-state index contributed by atoms with van der Waals surface area (Å²) in [7, 11) is 0. The number of fused-ring (bicyclic) bond motifs is 1. The molecule has 4 heteroatoms. The van der Waals surface area contributed by atoms with Crippen LogP contribution in [-0.2, 0) is 14.3 Å². The third-order valence-electron chi connectivity index (χ3n) is 1.56. The third kappa shape index (κ3) is 0.537. The standard InChI is InChI=1S/C6H4O4/c7-2-1-3(8)5-6(10-5)4(2)9/h1,5-7H/t5-,6+/m0/s1. The topological polar surface area (TPSA) is 66.9 Å². The van der Waals surface area contributed by atoms with Gasteiger partial charge in [-0.05, 0) is 0 Å². The van der Waals surface area contributed by atoms with Crippen LogP contribution < -0.4 is 0 Å². The molecular weight excluding hydrogens is 136 g/mol. The summed E-state index contributed by atoms with van der Waals surface area (Å²) >= 11 is 0. The molecule has 1 heterocycles. The van der Waals surface area contributed by atoms with E-state index in [1.807, 2.05) is 0 Å². The number of epoxide rings is 1. The summed E-state index contributed by atoms with van der Waals surface area (Å²) in [6, 6.07) is 0. The summed E-state index contributed by atoms with van der Waals surface area (Å²) in [4.78, 5) is 21.4. The van der Waals surface area contributed by atoms with Crippen molar-refractivity contribution in [1.82, 2.24) is 0 Å². The molecule has 2 rings (SSSR count). The molecule has 0 radical (unpaired) electrons. The summed E-state index contributed by atoms with van der Waals surface area (Å²) in [5.41, 5.74) is 0. The molecule has 52 valence electrons. The van der Waals surface area contributed by atoms with E-state index in [1.165, 1.54) is 0 Å². The maximum atomic E-state index is 10.7. The van der Waals surface area contributed by atoms with Crippen molar-refractivity contribution in [2.75, 3.05) is 0 Å². The summed E-state index contributed by atoms with van der Waals surface area (Å²) in [6.45, 7) is 0. The van der Waals surface area contributed by atoms with Crippen LogP contribution in [0.2, 0.25) is 0 Å². The minimum Gasteiger partial charge on any atom is -0.504 e. The van der Waals surface area contributed by atoms with Gasteiger partial charge in [0.1, 0.15) is 0 Å². The van der Waals surface area contributed by atoms with Crippen molar-refractivity contribution in [3.8, 4) is 0 Å². The lowest BCUT2D eigenvalue weighted by Crippen LogP contribution is -2.22. The predicted molar refractivity (Wildman–Crippen MR) is 29.4 cm³/mol. The second-order valence-corrected chi connectivity index (χ2v) is 2.27. The maximum absolute atomic E-state index is 10.7. The van der Waals surface area contributed by atoms with E-state index in [4.69, 9.17) is 5.11 Å². The first-order chi connectivity index (χ1) is 4.70. The van der Waals surface area contributed by atoms with Crippen molar-refractivity contribution in [2.24, 2.45) is 0 Å². The van der Waals surface area contributed by atoms with Gasteiger partial charge in [-0.3, -0.25) is 9.59 Å². The minimum absolute atomic E-state index is 0.317. The molecule has 1 aliphatic carbocycles. The van der Waals surface area contributed by atoms with Crippen molar-refractivity contribution >= 4 is 11.6 Å². The number of aliphatic hydroxyl groups excluding tert-OH is 1. The van der Waals surface area contributed by atoms with E-state index in [1.54, 1.807) is 0 Å². The minimum atomic E-state index is -0.683. The number of carbonyl (C=O) groups is 2. The van der Waals surface area contributed by atoms with Gasteiger partial charge in [0.2, 0.25) is 5.78 Å². The first-order valence-corrected chi connectivity index (χ1v) is 2.84. The Morgan fingerprint density at radius 3 is 2.80 bits per heavy atom. The highest BCUT2D eigenvalue weighted by atomic mass is 16.6. The number of rotatable bonds is 0. The number of ether oxygens (including phenoxy) is 1. The van der Waals surface area contributed by atoms with E-state index >= 15 is 0 Å². The average molecular weight is 140 g/mol. The molecular formula is C6H4O4. The fourth-order valence-electron chi connectivity index (χ4n) is 0.962. The fraction of sp³-hybridized carbons (Fsp3) is 0.333. The Morgan fingerprint density at radius 1 is 1.40 bits per heavy atom. The number of hydrogen-bond donors (Lipinski definition) is 1. The van der Waals surface area contributed by atoms with Gasteiger partial charge in [0.25, 0.3) is 0 Å². The Morgan fingerprint density at radius 2 is 2.10 bits per heavy atom. The molecule has 0 amide bonds. The Kier molecular flexibility index (Phi) is 0.820. The van der Waals surface area contributed by atoms with Crippen LogP contribution in [0.1, 0.15) is 0 Å². The van der Waals surface area contributed by atoms with Crippen molar-refractivity contribution in [2.45, 2.75) is 12.2 Å². The number of ketones is 2. The largest absolute Gasteiger partial charge is 0.504 e. The zero-order valence-corrected chi connectivity index (χ0v) is 4.90. The normalized spacial score (nSPS) is 37.0. The van der Waals surface area contributed by atoms with Crippen LogP contribution in [0.5, 0.6) is 0 Å². The van der Waals surface area contributed by atoms with Crippen molar-refractivity contribution in [3.05, 3.63) is 11.8 Å². The molecule has 0 bridgehead atoms. The summed E-state index contributed by atoms with van der Waals surface area (Å²) in [5, 5.41) is 8.76. The van der Waals surface area contributed by atoms with E-state index < -0.39 is 23.8 Å². The lowest BCUT2D eigenvalue weighted by atomic mass is 10.0. The van der Waals surface area contributed by atoms with E-state index in [-0.39, 0.29) is 5.78 Å². The molecule has 0 aromatic carbocycles. The first-order valence-electron chi connectivity index (χ1n) is 2.84. The third-order valence-corrected chi connectivity index (χ3v) is 1.56. The van der Waals surface area contributed by atoms with E-state index in [0.29, 0.717) is 0 Å². The molecule has 1 saturated heterocycles. The lowest BCUT2D eigenvalue weighted by Gasteiger charge is -1.98. The van der Waals surface area contributed by atoms with Gasteiger partial charge in [-0.15, -0.1) is 0 Å². The molecule has 0 saturated carbocycles. The van der Waals surface area contributed by atoms with Crippen LogP contribution in [-0.4, -0.2) is 28.9 Å². The molecule has 10 heavy (non-hydrogen) atoms. The highest BCUT2D eigenvalue weighted by molar-refractivity contribution is 6.14. The predicted octanol–water partition coefficient (Wildman–Crippen LogP) is -0.653. The van der Waals surface area contributed by atoms with Gasteiger partial charge in [0, 0.05) is 6.08 Å². The van der Waals surface area contributed by atoms with Gasteiger partial charge >= 0.3 is 0 Å². The van der Waals surface area contributed by atoms with Gasteiger partial charge in [0.05, 0.1) is 0 Å². The zero-order chi connectivity index (χ0) is 7.30. The van der Waals surface area contributed by atoms with Gasteiger partial charge in [-0.2, -0.15) is 0 Å². The van der Waals surface area contributed by atoms with Crippen molar-refractivity contribution < 1.29 is 19.4 Å². The highest BCUT2D eigenvalue weighted by Crippen LogP contribution is 2.30. The van der Waals surface area contributed by atoms with Crippen LogP contribution >= 0.6 is 0 Å². The van der Waals surface area contributed by atoms with Crippen LogP contribution in [0, 0.1) is 0 Å². The molecule has 0 unspecified atom stereocenters. The SMILES string of the molecule is O=C1C(O)=CC(=O)[C@@H]2O[C@H]12. The number of hydrogen-bond acceptors (Lipinski definition) is 4. The van der Waals surface area contributed by atoms with Gasteiger partial charge < -0.3 is 9.84 Å². The number of aliphatic hydroxyl groups is 1. The van der Waals surface area contributed by atoms with Gasteiger partial charge in [0.15, 0.2) is 23.8 Å². The number of carbonyl (C=O) groups excluding carboxylic acids is 2. The van der Waals surface area contributed by atoms with Crippen LogP contribution in [0.25, 0.3) is 0 Å². The Labute approximate surface area is 56.1 Å². The molecule has 4 nitrogen and oxygen atoms in total. The van der Waals surface area contributed by atoms with Crippen LogP contribution in [0.4, 0.5) is 0 Å². The Bertz CT molecular complexity index is 252. The lowest BCUT2D eigenvalue weighted by molar-refractivity contribution is -0.121. The van der Waals surface area contributed by atoms with E-state index in [9.17, 15) is 9.59 Å². The fourth-order valence-corrected chi connectivity index (χ4v) is 0.962. The monoisotopic (exact) mass is 140 g/mol. The van der Waals surface area contributed by atoms with Crippen molar-refractivity contribution in [3.63, 3.8) is 0 Å². The maximum Gasteiger partial charge on any atom is 0.229 e. The molecule has 1 aliphatic heterocycles. The van der Waals surface area contributed by atoms with Gasteiger partial charge in [-0.1, -0.05) is 0 Å². The highest BCUT2D eigenvalue weighted by Gasteiger charge is 2.53. The Hall–Kier alpha value is -1.16. The summed E-state index contributed by atoms with van der Waals surface area (Å²) in [6.07, 6.45) is -0.364. The zero-order valence-electron chi connectivity index (χ0n) is 4.90. The molecule has 0 spiro atoms. The van der Waals surface area contributed by atoms with Gasteiger partial charge in [-0.25, -0.2) is 0 Å². The molecule has 2 atom stereocenters. The van der Waals surface area contributed by atoms with Crippen molar-refractivity contribution in [1.29, 1.82) is 0 Å². The van der Waals surface area contributed by atoms with E-state index in [2.05, 4.69) is 4.74 Å². The first kappa shape index (κ1) is 5.61. The van der Waals surface area contributed by atoms with Crippen LogP contribution in [0.15, 0.2) is 11.8 Å². The quantitative estimate of drug-likeness (QED) is 0.454. The summed E-state index contributed by atoms with van der Waals surface area (Å²) < 4.78 is 4.66. The number of Topliss-reactive ketones (excluding diaryl/α,β-unsaturated/α-hetero) is 1. The second kappa shape index (κ2) is 1.46. The molecule has 1 N–H and O–H groups in total. The summed E-state index contributed by atoms with van der Waals surface area (Å²) in [5.74, 6) is -1.28. The van der Waals surface area contributed by atoms with Crippen LogP contribution in [0.3, 0.4) is 0 Å². The Balaban J connectivity index is 2.39. The average Bonchev–Trinajstić information content (AvgIpc) is 2.61. The molecule has 0 aromatic rings. The smallest absolute Gasteiger partial charge is 0.229 e.